The number of benzene rings is 1. The van der Waals surface area contributed by atoms with E-state index in [1.807, 2.05) is 0 Å². The second-order valence-corrected chi connectivity index (χ2v) is 4.71. The molecular weight excluding hydrogens is 232 g/mol. The van der Waals surface area contributed by atoms with Crippen molar-refractivity contribution < 1.29 is 9.66 Å². The van der Waals surface area contributed by atoms with Crippen LogP contribution >= 0.6 is 0 Å². The zero-order chi connectivity index (χ0) is 13.0. The predicted molar refractivity (Wildman–Crippen MR) is 68.4 cm³/mol. The third kappa shape index (κ3) is 3.51. The highest BCUT2D eigenvalue weighted by Crippen LogP contribution is 2.15. The molecule has 1 fully saturated rings. The lowest BCUT2D eigenvalue weighted by Crippen LogP contribution is -2.37. The third-order valence-corrected chi connectivity index (χ3v) is 3.23. The van der Waals surface area contributed by atoms with Gasteiger partial charge in [-0.3, -0.25) is 10.1 Å². The first-order valence-corrected chi connectivity index (χ1v) is 6.23. The summed E-state index contributed by atoms with van der Waals surface area (Å²) in [7, 11) is 0. The first-order valence-electron chi connectivity index (χ1n) is 6.23. The minimum absolute atomic E-state index is 0.137. The van der Waals surface area contributed by atoms with E-state index in [9.17, 15) is 10.1 Å². The molecule has 18 heavy (non-hydrogen) atoms. The highest BCUT2D eigenvalue weighted by atomic mass is 16.6. The van der Waals surface area contributed by atoms with Crippen molar-refractivity contribution in [2.45, 2.75) is 38.5 Å². The molecule has 2 unspecified atom stereocenters. The Balaban J connectivity index is 1.84. The van der Waals surface area contributed by atoms with Crippen LogP contribution in [0.15, 0.2) is 24.3 Å². The maximum Gasteiger partial charge on any atom is 0.269 e. The molecule has 0 aliphatic carbocycles. The summed E-state index contributed by atoms with van der Waals surface area (Å²) < 4.78 is 5.49. The van der Waals surface area contributed by atoms with E-state index in [1.165, 1.54) is 0 Å². The van der Waals surface area contributed by atoms with E-state index in [-0.39, 0.29) is 10.6 Å². The molecule has 0 spiro atoms. The van der Waals surface area contributed by atoms with Gasteiger partial charge in [0.15, 0.2) is 0 Å². The van der Waals surface area contributed by atoms with Gasteiger partial charge in [-0.05, 0) is 25.3 Å². The first-order chi connectivity index (χ1) is 8.65. The van der Waals surface area contributed by atoms with Gasteiger partial charge in [0.2, 0.25) is 0 Å². The van der Waals surface area contributed by atoms with Gasteiger partial charge in [-0.25, -0.2) is 0 Å². The molecule has 0 saturated carbocycles. The van der Waals surface area contributed by atoms with Gasteiger partial charge in [0.05, 0.1) is 11.0 Å². The van der Waals surface area contributed by atoms with Crippen LogP contribution in [0.3, 0.4) is 0 Å². The summed E-state index contributed by atoms with van der Waals surface area (Å²) in [5, 5.41) is 14.0. The Labute approximate surface area is 106 Å². The smallest absolute Gasteiger partial charge is 0.269 e. The van der Waals surface area contributed by atoms with E-state index in [2.05, 4.69) is 12.2 Å². The molecule has 1 aromatic rings. The number of nitro benzene ring substituents is 1. The Hall–Kier alpha value is -1.46. The summed E-state index contributed by atoms with van der Waals surface area (Å²) in [4.78, 5) is 10.2. The van der Waals surface area contributed by atoms with Crippen LogP contribution in [0.2, 0.25) is 0 Å². The van der Waals surface area contributed by atoms with Crippen LogP contribution in [-0.4, -0.2) is 23.7 Å². The fourth-order valence-corrected chi connectivity index (χ4v) is 2.18. The summed E-state index contributed by atoms with van der Waals surface area (Å²) in [5.41, 5.74) is 1.21. The molecule has 5 nitrogen and oxygen atoms in total. The summed E-state index contributed by atoms with van der Waals surface area (Å²) in [5.74, 6) is 0. The molecule has 1 aromatic carbocycles. The molecule has 1 aliphatic rings. The van der Waals surface area contributed by atoms with Crippen molar-refractivity contribution in [3.8, 4) is 0 Å². The van der Waals surface area contributed by atoms with Crippen molar-refractivity contribution in [3.05, 3.63) is 39.9 Å². The van der Waals surface area contributed by atoms with Crippen molar-refractivity contribution in [3.63, 3.8) is 0 Å². The quantitative estimate of drug-likeness (QED) is 0.657. The van der Waals surface area contributed by atoms with E-state index in [0.29, 0.717) is 12.1 Å². The normalized spacial score (nSPS) is 23.8. The Bertz CT molecular complexity index is 405. The van der Waals surface area contributed by atoms with Crippen LogP contribution in [0.5, 0.6) is 0 Å². The highest BCUT2D eigenvalue weighted by Gasteiger charge is 2.18. The molecule has 0 aromatic heterocycles. The number of ether oxygens (including phenoxy) is 1. The Morgan fingerprint density at radius 3 is 2.78 bits per heavy atom. The largest absolute Gasteiger partial charge is 0.378 e. The molecule has 5 heteroatoms. The average Bonchev–Trinajstić information content (AvgIpc) is 2.37. The summed E-state index contributed by atoms with van der Waals surface area (Å²) in [6.45, 7) is 3.63. The third-order valence-electron chi connectivity index (χ3n) is 3.23. The van der Waals surface area contributed by atoms with Gasteiger partial charge >= 0.3 is 0 Å². The zero-order valence-corrected chi connectivity index (χ0v) is 10.5. The van der Waals surface area contributed by atoms with Gasteiger partial charge < -0.3 is 10.1 Å². The van der Waals surface area contributed by atoms with Gasteiger partial charge in [0, 0.05) is 31.3 Å². The van der Waals surface area contributed by atoms with Crippen LogP contribution in [0.4, 0.5) is 5.69 Å². The Kier molecular flexibility index (Phi) is 4.28. The number of nitrogens with one attached hydrogen (secondary N) is 1. The molecule has 0 radical (unpaired) electrons. The minimum Gasteiger partial charge on any atom is -0.378 e. The van der Waals surface area contributed by atoms with Gasteiger partial charge in [0.25, 0.3) is 5.69 Å². The standard InChI is InChI=1S/C13H18N2O3/c1-10-8-12(6-7-18-10)14-9-11-2-4-13(5-3-11)15(16)17/h2-5,10,12,14H,6-9H2,1H3. The van der Waals surface area contributed by atoms with Gasteiger partial charge in [-0.15, -0.1) is 0 Å². The van der Waals surface area contributed by atoms with Crippen LogP contribution in [0.25, 0.3) is 0 Å². The minimum atomic E-state index is -0.378. The monoisotopic (exact) mass is 250 g/mol. The van der Waals surface area contributed by atoms with Crippen molar-refractivity contribution in [1.29, 1.82) is 0 Å². The molecule has 2 atom stereocenters. The number of nitrogens with zero attached hydrogens (tertiary/aromatic N) is 1. The average molecular weight is 250 g/mol. The van der Waals surface area contributed by atoms with Crippen LogP contribution in [0, 0.1) is 10.1 Å². The van der Waals surface area contributed by atoms with Crippen LogP contribution < -0.4 is 5.32 Å². The lowest BCUT2D eigenvalue weighted by Gasteiger charge is -2.28. The maximum atomic E-state index is 10.5. The molecule has 0 amide bonds. The fourth-order valence-electron chi connectivity index (χ4n) is 2.18. The Morgan fingerprint density at radius 2 is 2.17 bits per heavy atom. The van der Waals surface area contributed by atoms with Gasteiger partial charge in [-0.2, -0.15) is 0 Å². The lowest BCUT2D eigenvalue weighted by molar-refractivity contribution is -0.384. The molecule has 1 N–H and O–H groups in total. The molecule has 1 heterocycles. The van der Waals surface area contributed by atoms with E-state index < -0.39 is 0 Å². The Morgan fingerprint density at radius 1 is 1.44 bits per heavy atom. The molecular formula is C13H18N2O3. The topological polar surface area (TPSA) is 64.4 Å². The van der Waals surface area contributed by atoms with E-state index >= 15 is 0 Å². The van der Waals surface area contributed by atoms with Gasteiger partial charge in [0.1, 0.15) is 0 Å². The molecule has 98 valence electrons. The van der Waals surface area contributed by atoms with E-state index in [1.54, 1.807) is 24.3 Å². The summed E-state index contributed by atoms with van der Waals surface area (Å²) >= 11 is 0. The predicted octanol–water partition coefficient (Wildman–Crippen LogP) is 2.25. The molecule has 2 rings (SSSR count). The van der Waals surface area contributed by atoms with Crippen LogP contribution in [-0.2, 0) is 11.3 Å². The van der Waals surface area contributed by atoms with Crippen molar-refractivity contribution >= 4 is 5.69 Å². The second kappa shape index (κ2) is 5.93. The van der Waals surface area contributed by atoms with Gasteiger partial charge in [-0.1, -0.05) is 12.1 Å². The summed E-state index contributed by atoms with van der Waals surface area (Å²) in [6, 6.07) is 7.17. The number of rotatable bonds is 4. The number of hydrogen-bond acceptors (Lipinski definition) is 4. The molecule has 1 aliphatic heterocycles. The van der Waals surface area contributed by atoms with E-state index in [0.717, 1.165) is 31.6 Å². The van der Waals surface area contributed by atoms with Crippen LogP contribution in [0.1, 0.15) is 25.3 Å². The van der Waals surface area contributed by atoms with Crippen molar-refractivity contribution in [1.82, 2.24) is 5.32 Å². The lowest BCUT2D eigenvalue weighted by atomic mass is 10.0. The summed E-state index contributed by atoms with van der Waals surface area (Å²) in [6.07, 6.45) is 2.36. The van der Waals surface area contributed by atoms with E-state index in [4.69, 9.17) is 4.74 Å². The van der Waals surface area contributed by atoms with Crippen molar-refractivity contribution in [2.24, 2.45) is 0 Å². The number of hydrogen-bond donors (Lipinski definition) is 1. The first kappa shape index (κ1) is 13.0. The highest BCUT2D eigenvalue weighted by molar-refractivity contribution is 5.32. The maximum absolute atomic E-state index is 10.5. The van der Waals surface area contributed by atoms with Crippen molar-refractivity contribution in [2.75, 3.05) is 6.61 Å². The fraction of sp³-hybridized carbons (Fsp3) is 0.538. The molecule has 0 bridgehead atoms. The second-order valence-electron chi connectivity index (χ2n) is 4.71. The number of nitro groups is 1. The number of non-ortho nitro benzene ring substituents is 1. The molecule has 1 saturated heterocycles. The SMILES string of the molecule is CC1CC(NCc2ccc([N+](=O)[O-])cc2)CCO1. The zero-order valence-electron chi connectivity index (χ0n) is 10.5.